The summed E-state index contributed by atoms with van der Waals surface area (Å²) >= 11 is 0. The van der Waals surface area contributed by atoms with Crippen LogP contribution >= 0.6 is 0 Å². The fourth-order valence-electron chi connectivity index (χ4n) is 2.07. The molecule has 0 aromatic heterocycles. The van der Waals surface area contributed by atoms with E-state index in [2.05, 4.69) is 0 Å². The molecule has 2 rings (SSSR count). The highest BCUT2D eigenvalue weighted by Gasteiger charge is 2.11. The summed E-state index contributed by atoms with van der Waals surface area (Å²) in [5, 5.41) is 0. The molecule has 19 heavy (non-hydrogen) atoms. The van der Waals surface area contributed by atoms with Crippen molar-refractivity contribution in [1.29, 1.82) is 0 Å². The maximum absolute atomic E-state index is 13.5. The van der Waals surface area contributed by atoms with Gasteiger partial charge in [0, 0.05) is 6.04 Å². The Hall–Kier alpha value is -1.87. The van der Waals surface area contributed by atoms with E-state index in [0.717, 1.165) is 16.9 Å². The van der Waals surface area contributed by atoms with Crippen LogP contribution in [-0.4, -0.2) is 7.11 Å². The minimum absolute atomic E-state index is 0.215. The van der Waals surface area contributed by atoms with Crippen LogP contribution in [0, 0.1) is 12.7 Å². The number of halogens is 1. The molecule has 2 N–H and O–H groups in total. The lowest BCUT2D eigenvalue weighted by atomic mass is 9.98. The van der Waals surface area contributed by atoms with Gasteiger partial charge in [-0.1, -0.05) is 30.3 Å². The van der Waals surface area contributed by atoms with Gasteiger partial charge in [-0.25, -0.2) is 4.39 Å². The second-order valence-corrected chi connectivity index (χ2v) is 4.63. The Morgan fingerprint density at radius 1 is 1.21 bits per heavy atom. The van der Waals surface area contributed by atoms with Crippen LogP contribution in [0.1, 0.15) is 22.7 Å². The Labute approximate surface area is 113 Å². The molecule has 0 heterocycles. The molecule has 2 nitrogen and oxygen atoms in total. The molecule has 2 aromatic rings. The van der Waals surface area contributed by atoms with Gasteiger partial charge in [-0.05, 0) is 42.2 Å². The summed E-state index contributed by atoms with van der Waals surface area (Å²) in [4.78, 5) is 0. The lowest BCUT2D eigenvalue weighted by Crippen LogP contribution is -2.14. The first-order valence-electron chi connectivity index (χ1n) is 6.25. The zero-order valence-electron chi connectivity index (χ0n) is 11.2. The van der Waals surface area contributed by atoms with Crippen molar-refractivity contribution in [2.24, 2.45) is 5.73 Å². The van der Waals surface area contributed by atoms with Crippen LogP contribution in [0.2, 0.25) is 0 Å². The van der Waals surface area contributed by atoms with Crippen LogP contribution in [-0.2, 0) is 6.42 Å². The van der Waals surface area contributed by atoms with Crippen molar-refractivity contribution in [3.63, 3.8) is 0 Å². The second kappa shape index (κ2) is 5.85. The zero-order valence-corrected chi connectivity index (χ0v) is 11.2. The fraction of sp³-hybridized carbons (Fsp3) is 0.250. The van der Waals surface area contributed by atoms with Crippen LogP contribution in [0.4, 0.5) is 4.39 Å². The van der Waals surface area contributed by atoms with Gasteiger partial charge in [0.1, 0.15) is 11.6 Å². The first-order chi connectivity index (χ1) is 9.11. The van der Waals surface area contributed by atoms with Gasteiger partial charge < -0.3 is 10.5 Å². The van der Waals surface area contributed by atoms with Gasteiger partial charge in [-0.15, -0.1) is 0 Å². The predicted octanol–water partition coefficient (Wildman–Crippen LogP) is 3.39. The highest BCUT2D eigenvalue weighted by atomic mass is 19.1. The summed E-state index contributed by atoms with van der Waals surface area (Å²) in [5.41, 5.74) is 8.61. The molecule has 2 aromatic carbocycles. The van der Waals surface area contributed by atoms with Crippen molar-refractivity contribution in [3.8, 4) is 5.75 Å². The summed E-state index contributed by atoms with van der Waals surface area (Å²) in [6, 6.07) is 12.6. The smallest absolute Gasteiger partial charge is 0.126 e. The van der Waals surface area contributed by atoms with E-state index in [9.17, 15) is 4.39 Å². The summed E-state index contributed by atoms with van der Waals surface area (Å²) in [6.45, 7) is 1.74. The van der Waals surface area contributed by atoms with Crippen molar-refractivity contribution in [2.45, 2.75) is 19.4 Å². The predicted molar refractivity (Wildman–Crippen MR) is 74.8 cm³/mol. The van der Waals surface area contributed by atoms with Gasteiger partial charge in [-0.2, -0.15) is 0 Å². The van der Waals surface area contributed by atoms with Crippen LogP contribution in [0.25, 0.3) is 0 Å². The first kappa shape index (κ1) is 13.6. The monoisotopic (exact) mass is 259 g/mol. The van der Waals surface area contributed by atoms with Crippen molar-refractivity contribution >= 4 is 0 Å². The summed E-state index contributed by atoms with van der Waals surface area (Å²) in [5.74, 6) is 0.596. The minimum atomic E-state index is -0.244. The highest BCUT2D eigenvalue weighted by Crippen LogP contribution is 2.24. The van der Waals surface area contributed by atoms with Crippen molar-refractivity contribution in [3.05, 3.63) is 65.0 Å². The number of para-hydroxylation sites is 1. The van der Waals surface area contributed by atoms with Gasteiger partial charge in [0.15, 0.2) is 0 Å². The maximum atomic E-state index is 13.5. The SMILES string of the molecule is COc1ccccc1CC(N)c1ccc(C)c(F)c1. The van der Waals surface area contributed by atoms with Crippen LogP contribution in [0.5, 0.6) is 5.75 Å². The average molecular weight is 259 g/mol. The lowest BCUT2D eigenvalue weighted by molar-refractivity contribution is 0.408. The molecule has 1 atom stereocenters. The number of nitrogens with two attached hydrogens (primary N) is 1. The Balaban J connectivity index is 2.20. The van der Waals surface area contributed by atoms with Gasteiger partial charge >= 0.3 is 0 Å². The number of methoxy groups -OCH3 is 1. The van der Waals surface area contributed by atoms with Gasteiger partial charge in [0.2, 0.25) is 0 Å². The highest BCUT2D eigenvalue weighted by molar-refractivity contribution is 5.35. The standard InChI is InChI=1S/C16H18FNO/c1-11-7-8-12(9-14(11)17)15(18)10-13-5-3-4-6-16(13)19-2/h3-9,15H,10,18H2,1-2H3. The van der Waals surface area contributed by atoms with Crippen LogP contribution in [0.15, 0.2) is 42.5 Å². The molecule has 1 unspecified atom stereocenters. The van der Waals surface area contributed by atoms with Crippen molar-refractivity contribution in [1.82, 2.24) is 0 Å². The number of benzene rings is 2. The molecule has 0 saturated heterocycles. The molecule has 0 aliphatic carbocycles. The molecular weight excluding hydrogens is 241 g/mol. The maximum Gasteiger partial charge on any atom is 0.126 e. The summed E-state index contributed by atoms with van der Waals surface area (Å²) < 4.78 is 18.8. The molecule has 3 heteroatoms. The van der Waals surface area contributed by atoms with E-state index in [0.29, 0.717) is 12.0 Å². The molecule has 100 valence electrons. The van der Waals surface area contributed by atoms with Gasteiger partial charge in [-0.3, -0.25) is 0 Å². The molecule has 0 amide bonds. The van der Waals surface area contributed by atoms with Crippen LogP contribution in [0.3, 0.4) is 0 Å². The van der Waals surface area contributed by atoms with E-state index < -0.39 is 0 Å². The molecule has 0 spiro atoms. The molecule has 0 radical (unpaired) electrons. The molecule has 0 aliphatic rings. The van der Waals surface area contributed by atoms with Crippen molar-refractivity contribution in [2.75, 3.05) is 7.11 Å². The van der Waals surface area contributed by atoms with E-state index in [1.807, 2.05) is 30.3 Å². The number of hydrogen-bond acceptors (Lipinski definition) is 2. The van der Waals surface area contributed by atoms with E-state index in [1.54, 1.807) is 20.1 Å². The quantitative estimate of drug-likeness (QED) is 0.913. The number of hydrogen-bond donors (Lipinski definition) is 1. The molecule has 0 saturated carbocycles. The van der Waals surface area contributed by atoms with Crippen molar-refractivity contribution < 1.29 is 9.13 Å². The number of rotatable bonds is 4. The number of aryl methyl sites for hydroxylation is 1. The summed E-state index contributed by atoms with van der Waals surface area (Å²) in [6.07, 6.45) is 0.618. The Kier molecular flexibility index (Phi) is 4.17. The average Bonchev–Trinajstić information content (AvgIpc) is 2.42. The third kappa shape index (κ3) is 3.12. The normalized spacial score (nSPS) is 12.2. The third-order valence-electron chi connectivity index (χ3n) is 3.26. The van der Waals surface area contributed by atoms with E-state index in [-0.39, 0.29) is 11.9 Å². The van der Waals surface area contributed by atoms with E-state index >= 15 is 0 Å². The zero-order chi connectivity index (χ0) is 13.8. The Bertz CT molecular complexity index is 568. The Morgan fingerprint density at radius 2 is 1.95 bits per heavy atom. The summed E-state index contributed by atoms with van der Waals surface area (Å²) in [7, 11) is 1.63. The van der Waals surface area contributed by atoms with Gasteiger partial charge in [0.05, 0.1) is 7.11 Å². The third-order valence-corrected chi connectivity index (χ3v) is 3.26. The largest absolute Gasteiger partial charge is 0.496 e. The van der Waals surface area contributed by atoms with E-state index in [4.69, 9.17) is 10.5 Å². The molecule has 0 fully saturated rings. The lowest BCUT2D eigenvalue weighted by Gasteiger charge is -2.15. The molecule has 0 aliphatic heterocycles. The number of ether oxygens (including phenoxy) is 1. The molecule has 0 bridgehead atoms. The fourth-order valence-corrected chi connectivity index (χ4v) is 2.07. The van der Waals surface area contributed by atoms with Gasteiger partial charge in [0.25, 0.3) is 0 Å². The van der Waals surface area contributed by atoms with E-state index in [1.165, 1.54) is 6.07 Å². The first-order valence-corrected chi connectivity index (χ1v) is 6.25. The topological polar surface area (TPSA) is 35.2 Å². The molecular formula is C16H18FNO. The Morgan fingerprint density at radius 3 is 2.63 bits per heavy atom. The van der Waals surface area contributed by atoms with Crippen LogP contribution < -0.4 is 10.5 Å². The minimum Gasteiger partial charge on any atom is -0.496 e. The second-order valence-electron chi connectivity index (χ2n) is 4.63.